The molecule has 0 atom stereocenters. The fraction of sp³-hybridized carbons (Fsp3) is 0.519. The molecule has 2 aliphatic heterocycles. The lowest BCUT2D eigenvalue weighted by Crippen LogP contribution is -2.43. The predicted molar refractivity (Wildman–Crippen MR) is 141 cm³/mol. The van der Waals surface area contributed by atoms with Crippen molar-refractivity contribution in [2.75, 3.05) is 51.8 Å². The molecule has 0 radical (unpaired) electrons. The predicted octanol–water partition coefficient (Wildman–Crippen LogP) is 2.72. The number of hydrogen-bond acceptors (Lipinski definition) is 7. The Morgan fingerprint density at radius 2 is 1.89 bits per heavy atom. The van der Waals surface area contributed by atoms with E-state index in [1.807, 2.05) is 17.8 Å². The highest BCUT2D eigenvalue weighted by Crippen LogP contribution is 2.28. The number of carbonyl (C=O) groups excluding carboxylic acids is 1. The lowest BCUT2D eigenvalue weighted by molar-refractivity contribution is 0.0904. The molecular weight excluding hydrogens is 454 g/mol. The number of aromatic nitrogens is 3. The molecule has 0 spiro atoms. The lowest BCUT2D eigenvalue weighted by atomic mass is 10.1. The van der Waals surface area contributed by atoms with Crippen LogP contribution in [-0.4, -0.2) is 83.0 Å². The van der Waals surface area contributed by atoms with Gasteiger partial charge in [0.2, 0.25) is 0 Å². The largest absolute Gasteiger partial charge is 0.381 e. The zero-order valence-electron chi connectivity index (χ0n) is 21.4. The van der Waals surface area contributed by atoms with Crippen LogP contribution in [0.2, 0.25) is 0 Å². The van der Waals surface area contributed by atoms with E-state index < -0.39 is 0 Å². The summed E-state index contributed by atoms with van der Waals surface area (Å²) in [6.07, 6.45) is 5.31. The van der Waals surface area contributed by atoms with Gasteiger partial charge in [-0.15, -0.1) is 0 Å². The van der Waals surface area contributed by atoms with Gasteiger partial charge >= 0.3 is 0 Å². The van der Waals surface area contributed by atoms with Crippen LogP contribution in [0.25, 0.3) is 11.0 Å². The number of benzene rings is 1. The summed E-state index contributed by atoms with van der Waals surface area (Å²) in [5, 5.41) is 12.1. The number of amides is 1. The van der Waals surface area contributed by atoms with Crippen molar-refractivity contribution in [1.82, 2.24) is 29.9 Å². The Kier molecular flexibility index (Phi) is 7.79. The summed E-state index contributed by atoms with van der Waals surface area (Å²) in [6, 6.07) is 8.78. The first-order chi connectivity index (χ1) is 17.6. The number of pyridine rings is 1. The smallest absolute Gasteiger partial charge is 0.255 e. The number of likely N-dealkylation sites (N-methyl/N-ethyl adjacent to an activating group) is 1. The van der Waals surface area contributed by atoms with Gasteiger partial charge in [0.15, 0.2) is 5.65 Å². The summed E-state index contributed by atoms with van der Waals surface area (Å²) in [7, 11) is 2.17. The number of ether oxygens (including phenoxy) is 1. The van der Waals surface area contributed by atoms with Gasteiger partial charge in [-0.2, -0.15) is 5.10 Å². The van der Waals surface area contributed by atoms with Gasteiger partial charge in [-0.25, -0.2) is 9.67 Å². The number of carbonyl (C=O) groups is 1. The average Bonchev–Trinajstić information content (AvgIpc) is 3.33. The van der Waals surface area contributed by atoms with E-state index in [-0.39, 0.29) is 11.9 Å². The Morgan fingerprint density at radius 3 is 2.67 bits per heavy atom. The Morgan fingerprint density at radius 1 is 1.11 bits per heavy atom. The van der Waals surface area contributed by atoms with Crippen molar-refractivity contribution in [3.63, 3.8) is 0 Å². The number of nitrogens with zero attached hydrogens (tertiary/aromatic N) is 5. The molecule has 4 heterocycles. The maximum absolute atomic E-state index is 13.4. The molecule has 9 heteroatoms. The Balaban J connectivity index is 1.30. The maximum Gasteiger partial charge on any atom is 0.255 e. The van der Waals surface area contributed by atoms with Gasteiger partial charge in [0.1, 0.15) is 0 Å². The summed E-state index contributed by atoms with van der Waals surface area (Å²) in [5.74, 6) is -0.132. The number of aryl methyl sites for hydroxylation is 1. The summed E-state index contributed by atoms with van der Waals surface area (Å²) >= 11 is 0. The minimum atomic E-state index is -0.132. The highest BCUT2D eigenvalue weighted by Gasteiger charge is 2.22. The molecule has 9 nitrogen and oxygen atoms in total. The number of nitrogens with one attached hydrogen (secondary N) is 2. The van der Waals surface area contributed by atoms with Crippen molar-refractivity contribution in [1.29, 1.82) is 0 Å². The van der Waals surface area contributed by atoms with Crippen molar-refractivity contribution in [3.8, 4) is 0 Å². The number of hydrogen-bond donors (Lipinski definition) is 2. The van der Waals surface area contributed by atoms with Gasteiger partial charge in [0.25, 0.3) is 5.91 Å². The molecule has 192 valence electrons. The van der Waals surface area contributed by atoms with Gasteiger partial charge < -0.3 is 20.3 Å². The molecule has 1 aromatic carbocycles. The van der Waals surface area contributed by atoms with Crippen molar-refractivity contribution in [2.45, 2.75) is 45.4 Å². The third kappa shape index (κ3) is 5.69. The van der Waals surface area contributed by atoms with Gasteiger partial charge in [0, 0.05) is 71.3 Å². The highest BCUT2D eigenvalue weighted by molar-refractivity contribution is 6.06. The molecule has 2 fully saturated rings. The lowest BCUT2D eigenvalue weighted by Gasteiger charge is -2.32. The molecule has 0 aliphatic carbocycles. The van der Waals surface area contributed by atoms with E-state index in [0.717, 1.165) is 87.6 Å². The second kappa shape index (κ2) is 11.4. The molecular formula is C27H37N7O2. The molecule has 2 N–H and O–H groups in total. The molecule has 0 bridgehead atoms. The standard InChI is InChI=1S/C27H37N7O2/c1-3-34-26-23(18-30-34)25(31-22-7-13-36-14-8-22)24(17-28-26)27(35)29-16-20-5-4-6-21(15-20)19-33-11-9-32(2)10-12-33/h4-6,15,17-18,22H,3,7-14,16,19H2,1-2H3,(H,28,31)(H,29,35). The zero-order valence-corrected chi connectivity index (χ0v) is 21.4. The topological polar surface area (TPSA) is 87.5 Å². The van der Waals surface area contributed by atoms with Crippen LogP contribution in [-0.2, 0) is 24.4 Å². The number of rotatable bonds is 8. The number of anilines is 1. The minimum Gasteiger partial charge on any atom is -0.381 e. The average molecular weight is 492 g/mol. The van der Waals surface area contributed by atoms with Crippen molar-refractivity contribution in [3.05, 3.63) is 53.3 Å². The summed E-state index contributed by atoms with van der Waals surface area (Å²) in [5.41, 5.74) is 4.54. The molecule has 1 amide bonds. The second-order valence-corrected chi connectivity index (χ2v) is 9.86. The Labute approximate surface area is 212 Å². The molecule has 2 aromatic heterocycles. The van der Waals surface area contributed by atoms with Gasteiger partial charge in [-0.3, -0.25) is 9.69 Å². The first kappa shape index (κ1) is 24.7. The first-order valence-corrected chi connectivity index (χ1v) is 13.1. The van der Waals surface area contributed by atoms with E-state index >= 15 is 0 Å². The van der Waals surface area contributed by atoms with Crippen LogP contribution >= 0.6 is 0 Å². The molecule has 2 aliphatic rings. The van der Waals surface area contributed by atoms with Crippen LogP contribution in [0.3, 0.4) is 0 Å². The Bertz CT molecular complexity index is 1180. The second-order valence-electron chi connectivity index (χ2n) is 9.86. The minimum absolute atomic E-state index is 0.132. The van der Waals surface area contributed by atoms with E-state index in [9.17, 15) is 4.79 Å². The first-order valence-electron chi connectivity index (χ1n) is 13.1. The van der Waals surface area contributed by atoms with E-state index in [2.05, 4.69) is 61.8 Å². The quantitative estimate of drug-likeness (QED) is 0.501. The number of piperazine rings is 1. The molecule has 0 saturated carbocycles. The fourth-order valence-corrected chi connectivity index (χ4v) is 5.01. The SMILES string of the molecule is CCn1ncc2c(NC3CCOCC3)c(C(=O)NCc3cccc(CN4CCN(C)CC4)c3)cnc21. The van der Waals surface area contributed by atoms with Crippen molar-refractivity contribution in [2.24, 2.45) is 0 Å². The van der Waals surface area contributed by atoms with Gasteiger partial charge in [0.05, 0.1) is 22.8 Å². The van der Waals surface area contributed by atoms with E-state index in [4.69, 9.17) is 4.74 Å². The van der Waals surface area contributed by atoms with Crippen LogP contribution < -0.4 is 10.6 Å². The maximum atomic E-state index is 13.4. The van der Waals surface area contributed by atoms with E-state index in [1.165, 1.54) is 5.56 Å². The molecule has 36 heavy (non-hydrogen) atoms. The highest BCUT2D eigenvalue weighted by atomic mass is 16.5. The van der Waals surface area contributed by atoms with Gasteiger partial charge in [-0.05, 0) is 37.9 Å². The third-order valence-electron chi connectivity index (χ3n) is 7.23. The van der Waals surface area contributed by atoms with Crippen LogP contribution in [0.1, 0.15) is 41.3 Å². The monoisotopic (exact) mass is 491 g/mol. The molecule has 0 unspecified atom stereocenters. The fourth-order valence-electron chi connectivity index (χ4n) is 5.01. The van der Waals surface area contributed by atoms with Crippen molar-refractivity contribution >= 4 is 22.6 Å². The number of fused-ring (bicyclic) bond motifs is 1. The molecule has 2 saturated heterocycles. The van der Waals surface area contributed by atoms with Crippen LogP contribution in [0.15, 0.2) is 36.7 Å². The van der Waals surface area contributed by atoms with Crippen molar-refractivity contribution < 1.29 is 9.53 Å². The van der Waals surface area contributed by atoms with Crippen LogP contribution in [0, 0.1) is 0 Å². The summed E-state index contributed by atoms with van der Waals surface area (Å²) < 4.78 is 7.38. The van der Waals surface area contributed by atoms with E-state index in [0.29, 0.717) is 12.1 Å². The summed E-state index contributed by atoms with van der Waals surface area (Å²) in [4.78, 5) is 22.8. The zero-order chi connectivity index (χ0) is 24.9. The summed E-state index contributed by atoms with van der Waals surface area (Å²) in [6.45, 7) is 10.0. The van der Waals surface area contributed by atoms with Gasteiger partial charge in [-0.1, -0.05) is 24.3 Å². The molecule has 3 aromatic rings. The Hall–Kier alpha value is -3.01. The van der Waals surface area contributed by atoms with E-state index in [1.54, 1.807) is 6.20 Å². The van der Waals surface area contributed by atoms with Crippen LogP contribution in [0.5, 0.6) is 0 Å². The third-order valence-corrected chi connectivity index (χ3v) is 7.23. The molecule has 5 rings (SSSR count). The normalized spacial score (nSPS) is 17.9. The van der Waals surface area contributed by atoms with Crippen LogP contribution in [0.4, 0.5) is 5.69 Å².